The molecule has 0 aromatic carbocycles. The molecular weight excluding hydrogens is 428 g/mol. The van der Waals surface area contributed by atoms with Crippen LogP contribution in [0.25, 0.3) is 22.7 Å². The molecule has 2 N–H and O–H groups in total. The normalized spacial score (nSPS) is 11.8. The first-order chi connectivity index (χ1) is 16.4. The Morgan fingerprint density at radius 2 is 1.03 bits per heavy atom. The van der Waals surface area contributed by atoms with Crippen LogP contribution in [0.3, 0.4) is 0 Å². The largest absolute Gasteiger partial charge is 0.493 e. The van der Waals surface area contributed by atoms with E-state index in [0.29, 0.717) is 34.1 Å². The Kier molecular flexibility index (Phi) is 7.34. The van der Waals surface area contributed by atoms with Gasteiger partial charge in [0.15, 0.2) is 11.3 Å². The molecule has 0 bridgehead atoms. The summed E-state index contributed by atoms with van der Waals surface area (Å²) < 4.78 is 3.41. The van der Waals surface area contributed by atoms with Crippen molar-refractivity contribution in [2.24, 2.45) is 0 Å². The monoisotopic (exact) mass is 464 g/mol. The van der Waals surface area contributed by atoms with Crippen LogP contribution >= 0.6 is 0 Å². The standard InChI is InChI=1S/C26H36N6O2/c1-5-7-9-11-13-19-23-27-17(3)25(33)31(23)15-21(29-19)22-16-32-24(28-18(4)26(32)34)20(30-22)14-12-10-8-6-2/h15-16,33-34H,5-14H2,1-4H3. The van der Waals surface area contributed by atoms with Crippen molar-refractivity contribution in [2.75, 3.05) is 0 Å². The maximum absolute atomic E-state index is 10.6. The van der Waals surface area contributed by atoms with Gasteiger partial charge < -0.3 is 10.2 Å². The molecule has 0 unspecified atom stereocenters. The molecule has 4 aromatic rings. The van der Waals surface area contributed by atoms with Crippen molar-refractivity contribution in [3.05, 3.63) is 35.2 Å². The first-order valence-corrected chi connectivity index (χ1v) is 12.6. The van der Waals surface area contributed by atoms with Gasteiger partial charge in [0.1, 0.15) is 22.8 Å². The average molecular weight is 465 g/mol. The number of hydrogen-bond donors (Lipinski definition) is 2. The second kappa shape index (κ2) is 10.4. The summed E-state index contributed by atoms with van der Waals surface area (Å²) in [6.45, 7) is 7.99. The average Bonchev–Trinajstić information content (AvgIpc) is 3.29. The summed E-state index contributed by atoms with van der Waals surface area (Å²) in [5, 5.41) is 21.3. The molecule has 0 aliphatic carbocycles. The quantitative estimate of drug-likeness (QED) is 0.276. The number of aromatic nitrogens is 6. The predicted molar refractivity (Wildman–Crippen MR) is 133 cm³/mol. The summed E-state index contributed by atoms with van der Waals surface area (Å²) in [6.07, 6.45) is 14.2. The maximum atomic E-state index is 10.6. The van der Waals surface area contributed by atoms with E-state index in [1.807, 2.05) is 0 Å². The molecule has 182 valence electrons. The minimum absolute atomic E-state index is 0.121. The Hall–Kier alpha value is -3.16. The van der Waals surface area contributed by atoms with Crippen LogP contribution < -0.4 is 0 Å². The van der Waals surface area contributed by atoms with Gasteiger partial charge in [0, 0.05) is 12.4 Å². The van der Waals surface area contributed by atoms with Gasteiger partial charge in [-0.25, -0.2) is 19.9 Å². The molecule has 4 aromatic heterocycles. The van der Waals surface area contributed by atoms with Gasteiger partial charge in [-0.3, -0.25) is 8.80 Å². The van der Waals surface area contributed by atoms with Crippen molar-refractivity contribution >= 4 is 11.3 Å². The van der Waals surface area contributed by atoms with E-state index >= 15 is 0 Å². The highest BCUT2D eigenvalue weighted by molar-refractivity contribution is 5.62. The lowest BCUT2D eigenvalue weighted by Gasteiger charge is -2.11. The predicted octanol–water partition coefficient (Wildman–Crippen LogP) is 5.71. The van der Waals surface area contributed by atoms with Gasteiger partial charge >= 0.3 is 0 Å². The maximum Gasteiger partial charge on any atom is 0.219 e. The number of imidazole rings is 2. The second-order valence-corrected chi connectivity index (χ2v) is 9.20. The van der Waals surface area contributed by atoms with Gasteiger partial charge in [-0.05, 0) is 39.5 Å². The van der Waals surface area contributed by atoms with Crippen LogP contribution in [0.15, 0.2) is 12.4 Å². The minimum Gasteiger partial charge on any atom is -0.493 e. The van der Waals surface area contributed by atoms with E-state index in [1.54, 1.807) is 35.0 Å². The molecule has 0 saturated carbocycles. The highest BCUT2D eigenvalue weighted by Gasteiger charge is 2.19. The first-order valence-electron chi connectivity index (χ1n) is 12.6. The molecule has 34 heavy (non-hydrogen) atoms. The molecule has 0 radical (unpaired) electrons. The molecule has 0 atom stereocenters. The van der Waals surface area contributed by atoms with E-state index in [4.69, 9.17) is 9.97 Å². The van der Waals surface area contributed by atoms with Crippen LogP contribution in [0.2, 0.25) is 0 Å². The Balaban J connectivity index is 1.80. The fraction of sp³-hybridized carbons (Fsp3) is 0.538. The number of aromatic hydroxyl groups is 2. The van der Waals surface area contributed by atoms with E-state index in [9.17, 15) is 10.2 Å². The number of aryl methyl sites for hydroxylation is 4. The molecule has 0 fully saturated rings. The number of unbranched alkanes of at least 4 members (excludes halogenated alkanes) is 6. The summed E-state index contributed by atoms with van der Waals surface area (Å²) in [7, 11) is 0. The minimum atomic E-state index is 0.121. The van der Waals surface area contributed by atoms with Gasteiger partial charge in [-0.15, -0.1) is 0 Å². The van der Waals surface area contributed by atoms with Gasteiger partial charge in [-0.1, -0.05) is 52.4 Å². The SMILES string of the molecule is CCCCCCc1nc(-c2cn3c(O)c(C)nc3c(CCCCCC)n2)cn2c(O)c(C)nc12. The van der Waals surface area contributed by atoms with Crippen molar-refractivity contribution in [1.82, 2.24) is 28.7 Å². The molecule has 4 rings (SSSR count). The third-order valence-corrected chi connectivity index (χ3v) is 6.43. The Labute approximate surface area is 200 Å². The Morgan fingerprint density at radius 3 is 1.41 bits per heavy atom. The fourth-order valence-electron chi connectivity index (χ4n) is 4.44. The van der Waals surface area contributed by atoms with Gasteiger partial charge in [-0.2, -0.15) is 0 Å². The molecule has 0 amide bonds. The fourth-order valence-corrected chi connectivity index (χ4v) is 4.44. The van der Waals surface area contributed by atoms with Crippen LogP contribution in [0, 0.1) is 13.8 Å². The van der Waals surface area contributed by atoms with Crippen molar-refractivity contribution in [2.45, 2.75) is 91.9 Å². The lowest BCUT2D eigenvalue weighted by molar-refractivity contribution is 0.443. The number of nitrogens with zero attached hydrogens (tertiary/aromatic N) is 6. The molecule has 8 nitrogen and oxygen atoms in total. The van der Waals surface area contributed by atoms with Crippen molar-refractivity contribution in [3.63, 3.8) is 0 Å². The zero-order chi connectivity index (χ0) is 24.2. The number of fused-ring (bicyclic) bond motifs is 2. The van der Waals surface area contributed by atoms with Crippen molar-refractivity contribution < 1.29 is 10.2 Å². The lowest BCUT2D eigenvalue weighted by atomic mass is 10.1. The Bertz CT molecular complexity index is 1190. The molecule has 4 heterocycles. The Morgan fingerprint density at radius 1 is 0.618 bits per heavy atom. The van der Waals surface area contributed by atoms with Crippen LogP contribution in [0.5, 0.6) is 11.8 Å². The van der Waals surface area contributed by atoms with Crippen LogP contribution in [0.1, 0.15) is 88.0 Å². The van der Waals surface area contributed by atoms with E-state index in [1.165, 1.54) is 25.7 Å². The van der Waals surface area contributed by atoms with Crippen LogP contribution in [-0.2, 0) is 12.8 Å². The van der Waals surface area contributed by atoms with Gasteiger partial charge in [0.05, 0.1) is 11.4 Å². The summed E-state index contributed by atoms with van der Waals surface area (Å²) in [5.74, 6) is 0.242. The van der Waals surface area contributed by atoms with Gasteiger partial charge in [0.2, 0.25) is 11.8 Å². The number of hydrogen-bond acceptors (Lipinski definition) is 6. The molecule has 0 saturated heterocycles. The third kappa shape index (κ3) is 4.72. The smallest absolute Gasteiger partial charge is 0.219 e. The molecule has 0 aliphatic rings. The van der Waals surface area contributed by atoms with Gasteiger partial charge in [0.25, 0.3) is 0 Å². The van der Waals surface area contributed by atoms with E-state index in [2.05, 4.69) is 23.8 Å². The summed E-state index contributed by atoms with van der Waals surface area (Å²) >= 11 is 0. The first kappa shape index (κ1) is 24.0. The van der Waals surface area contributed by atoms with Crippen molar-refractivity contribution in [1.29, 1.82) is 0 Å². The van der Waals surface area contributed by atoms with Crippen LogP contribution in [-0.4, -0.2) is 39.0 Å². The molecular formula is C26H36N6O2. The summed E-state index contributed by atoms with van der Waals surface area (Å²) in [4.78, 5) is 19.0. The van der Waals surface area contributed by atoms with Crippen LogP contribution in [0.4, 0.5) is 0 Å². The third-order valence-electron chi connectivity index (χ3n) is 6.43. The van der Waals surface area contributed by atoms with E-state index in [0.717, 1.165) is 49.9 Å². The zero-order valence-corrected chi connectivity index (χ0v) is 20.8. The topological polar surface area (TPSA) is 101 Å². The zero-order valence-electron chi connectivity index (χ0n) is 20.8. The highest BCUT2D eigenvalue weighted by Crippen LogP contribution is 2.28. The van der Waals surface area contributed by atoms with E-state index in [-0.39, 0.29) is 11.8 Å². The number of rotatable bonds is 11. The molecule has 8 heteroatoms. The van der Waals surface area contributed by atoms with Crippen molar-refractivity contribution in [3.8, 4) is 23.1 Å². The second-order valence-electron chi connectivity index (χ2n) is 9.20. The molecule has 0 aliphatic heterocycles. The highest BCUT2D eigenvalue weighted by atomic mass is 16.3. The van der Waals surface area contributed by atoms with E-state index < -0.39 is 0 Å². The summed E-state index contributed by atoms with van der Waals surface area (Å²) in [5.41, 5.74) is 5.55. The molecule has 0 spiro atoms. The summed E-state index contributed by atoms with van der Waals surface area (Å²) in [6, 6.07) is 0. The lowest BCUT2D eigenvalue weighted by Crippen LogP contribution is -2.04.